The van der Waals surface area contributed by atoms with Crippen molar-refractivity contribution in [3.63, 3.8) is 0 Å². The van der Waals surface area contributed by atoms with E-state index in [9.17, 15) is 9.90 Å². The molecule has 0 aliphatic heterocycles. The topological polar surface area (TPSA) is 63.1 Å². The van der Waals surface area contributed by atoms with E-state index in [-0.39, 0.29) is 5.69 Å². The first-order valence-corrected chi connectivity index (χ1v) is 9.88. The van der Waals surface area contributed by atoms with Gasteiger partial charge in [0.2, 0.25) is 0 Å². The second-order valence-electron chi connectivity index (χ2n) is 5.65. The molecule has 148 valence electrons. The maximum Gasteiger partial charge on any atom is 0.354 e. The number of carboxylic acids is 1. The molecule has 0 saturated carbocycles. The van der Waals surface area contributed by atoms with Crippen LogP contribution in [0.4, 0.5) is 0 Å². The summed E-state index contributed by atoms with van der Waals surface area (Å²) in [6, 6.07) is 22.9. The quantitative estimate of drug-likeness (QED) is 0.425. The van der Waals surface area contributed by atoms with Crippen LogP contribution in [0.15, 0.2) is 79.0 Å². The fourth-order valence-corrected chi connectivity index (χ4v) is 2.93. The average molecular weight is 386 g/mol. The summed E-state index contributed by atoms with van der Waals surface area (Å²) in [6.07, 6.45) is 1.74. The summed E-state index contributed by atoms with van der Waals surface area (Å²) in [5.41, 5.74) is 3.97. The smallest absolute Gasteiger partial charge is 0.354 e. The fourth-order valence-electron chi connectivity index (χ4n) is 2.93. The number of pyridine rings is 2. The Hall–Kier alpha value is -3.53. The van der Waals surface area contributed by atoms with Gasteiger partial charge in [-0.25, -0.2) is 9.78 Å². The standard InChI is InChI=1S/C21H14N2O2.2C2H6/c24-21(25)18-13-17(14-7-3-1-4-8-14)16-11-12-22-19(20(16)23-18)15-9-5-2-6-10-15;2*1-2/h1-13H,(H,24,25);2*1-2H3. The summed E-state index contributed by atoms with van der Waals surface area (Å²) >= 11 is 0. The van der Waals surface area contributed by atoms with Gasteiger partial charge in [-0.3, -0.25) is 4.98 Å². The van der Waals surface area contributed by atoms with Gasteiger partial charge in [0.25, 0.3) is 0 Å². The van der Waals surface area contributed by atoms with E-state index in [0.29, 0.717) is 11.2 Å². The van der Waals surface area contributed by atoms with Crippen molar-refractivity contribution >= 4 is 16.9 Å². The van der Waals surface area contributed by atoms with Crippen molar-refractivity contribution in [3.05, 3.63) is 84.7 Å². The van der Waals surface area contributed by atoms with Crippen LogP contribution in [0.5, 0.6) is 0 Å². The number of carboxylic acid groups (broad SMARTS) is 1. The lowest BCUT2D eigenvalue weighted by molar-refractivity contribution is 0.0691. The molecule has 0 bridgehead atoms. The predicted octanol–water partition coefficient (Wildman–Crippen LogP) is 6.71. The molecule has 0 radical (unpaired) electrons. The Labute approximate surface area is 171 Å². The molecular formula is C25H26N2O2. The summed E-state index contributed by atoms with van der Waals surface area (Å²) in [4.78, 5) is 20.4. The molecule has 0 spiro atoms. The molecule has 4 heteroatoms. The molecular weight excluding hydrogens is 360 g/mol. The molecule has 0 unspecified atom stereocenters. The number of benzene rings is 2. The Morgan fingerprint density at radius 3 is 1.90 bits per heavy atom. The number of aromatic nitrogens is 2. The zero-order valence-corrected chi connectivity index (χ0v) is 17.3. The Bertz CT molecular complexity index is 1060. The molecule has 1 N–H and O–H groups in total. The van der Waals surface area contributed by atoms with E-state index in [2.05, 4.69) is 9.97 Å². The highest BCUT2D eigenvalue weighted by Gasteiger charge is 2.15. The number of rotatable bonds is 3. The van der Waals surface area contributed by atoms with Crippen LogP contribution < -0.4 is 0 Å². The molecule has 0 saturated heterocycles. The third kappa shape index (κ3) is 4.85. The van der Waals surface area contributed by atoms with Crippen LogP contribution >= 0.6 is 0 Å². The molecule has 0 aliphatic carbocycles. The van der Waals surface area contributed by atoms with Crippen LogP contribution in [0.1, 0.15) is 38.2 Å². The number of hydrogen-bond donors (Lipinski definition) is 1. The normalized spacial score (nSPS) is 9.66. The Kier molecular flexibility index (Phi) is 8.04. The molecule has 0 amide bonds. The van der Waals surface area contributed by atoms with Crippen molar-refractivity contribution in [1.29, 1.82) is 0 Å². The van der Waals surface area contributed by atoms with Crippen LogP contribution in [0.3, 0.4) is 0 Å². The summed E-state index contributed by atoms with van der Waals surface area (Å²) in [6.45, 7) is 8.00. The van der Waals surface area contributed by atoms with Gasteiger partial charge in [0.1, 0.15) is 5.69 Å². The SMILES string of the molecule is CC.CC.O=C(O)c1cc(-c2ccccc2)c2ccnc(-c3ccccc3)c2n1. The Morgan fingerprint density at radius 2 is 1.34 bits per heavy atom. The van der Waals surface area contributed by atoms with Gasteiger partial charge in [0.05, 0.1) is 11.2 Å². The van der Waals surface area contributed by atoms with Crippen LogP contribution in [-0.4, -0.2) is 21.0 Å². The molecule has 2 heterocycles. The Morgan fingerprint density at radius 1 is 0.793 bits per heavy atom. The van der Waals surface area contributed by atoms with Crippen molar-refractivity contribution in [1.82, 2.24) is 9.97 Å². The molecule has 0 aliphatic rings. The monoisotopic (exact) mass is 386 g/mol. The number of aromatic carboxylic acids is 1. The third-order valence-corrected chi connectivity index (χ3v) is 4.08. The van der Waals surface area contributed by atoms with E-state index >= 15 is 0 Å². The van der Waals surface area contributed by atoms with E-state index in [4.69, 9.17) is 0 Å². The van der Waals surface area contributed by atoms with Gasteiger partial charge in [0, 0.05) is 17.1 Å². The summed E-state index contributed by atoms with van der Waals surface area (Å²) in [5.74, 6) is -1.05. The number of hydrogen-bond acceptors (Lipinski definition) is 3. The largest absolute Gasteiger partial charge is 0.477 e. The van der Waals surface area contributed by atoms with Crippen molar-refractivity contribution in [3.8, 4) is 22.4 Å². The molecule has 4 nitrogen and oxygen atoms in total. The van der Waals surface area contributed by atoms with E-state index < -0.39 is 5.97 Å². The van der Waals surface area contributed by atoms with E-state index in [1.807, 2.05) is 94.4 Å². The van der Waals surface area contributed by atoms with Gasteiger partial charge in [-0.1, -0.05) is 88.4 Å². The average Bonchev–Trinajstić information content (AvgIpc) is 2.81. The van der Waals surface area contributed by atoms with E-state index in [0.717, 1.165) is 22.1 Å². The van der Waals surface area contributed by atoms with Gasteiger partial charge in [-0.15, -0.1) is 0 Å². The van der Waals surface area contributed by atoms with Crippen LogP contribution in [0.2, 0.25) is 0 Å². The van der Waals surface area contributed by atoms with Crippen molar-refractivity contribution < 1.29 is 9.90 Å². The van der Waals surface area contributed by atoms with Crippen LogP contribution in [0, 0.1) is 0 Å². The number of fused-ring (bicyclic) bond motifs is 1. The molecule has 29 heavy (non-hydrogen) atoms. The first kappa shape index (κ1) is 21.8. The third-order valence-electron chi connectivity index (χ3n) is 4.08. The lowest BCUT2D eigenvalue weighted by Crippen LogP contribution is -2.02. The predicted molar refractivity (Wildman–Crippen MR) is 120 cm³/mol. The first-order valence-electron chi connectivity index (χ1n) is 9.88. The van der Waals surface area contributed by atoms with Gasteiger partial charge >= 0.3 is 5.97 Å². The van der Waals surface area contributed by atoms with E-state index in [1.165, 1.54) is 0 Å². The summed E-state index contributed by atoms with van der Waals surface area (Å²) in [5, 5.41) is 10.4. The summed E-state index contributed by atoms with van der Waals surface area (Å²) < 4.78 is 0. The van der Waals surface area contributed by atoms with Crippen molar-refractivity contribution in [2.75, 3.05) is 0 Å². The Balaban J connectivity index is 0.000000707. The zero-order valence-electron chi connectivity index (χ0n) is 17.3. The second kappa shape index (κ2) is 10.7. The molecule has 2 aromatic carbocycles. The highest BCUT2D eigenvalue weighted by molar-refractivity contribution is 6.03. The molecule has 2 aromatic heterocycles. The van der Waals surface area contributed by atoms with Gasteiger partial charge in [-0.2, -0.15) is 0 Å². The fraction of sp³-hybridized carbons (Fsp3) is 0.160. The minimum absolute atomic E-state index is 0.0107. The number of carbonyl (C=O) groups is 1. The van der Waals surface area contributed by atoms with Gasteiger partial charge in [0.15, 0.2) is 0 Å². The highest BCUT2D eigenvalue weighted by Crippen LogP contribution is 2.32. The van der Waals surface area contributed by atoms with Crippen molar-refractivity contribution in [2.45, 2.75) is 27.7 Å². The van der Waals surface area contributed by atoms with Gasteiger partial charge < -0.3 is 5.11 Å². The first-order chi connectivity index (χ1) is 14.2. The molecule has 0 atom stereocenters. The van der Waals surface area contributed by atoms with Crippen LogP contribution in [-0.2, 0) is 0 Å². The lowest BCUT2D eigenvalue weighted by atomic mass is 9.98. The zero-order chi connectivity index (χ0) is 21.2. The maximum absolute atomic E-state index is 11.6. The number of nitrogens with zero attached hydrogens (tertiary/aromatic N) is 2. The molecule has 4 rings (SSSR count). The summed E-state index contributed by atoms with van der Waals surface area (Å²) in [7, 11) is 0. The van der Waals surface area contributed by atoms with Crippen LogP contribution in [0.25, 0.3) is 33.3 Å². The molecule has 0 fully saturated rings. The minimum Gasteiger partial charge on any atom is -0.477 e. The maximum atomic E-state index is 11.6. The van der Waals surface area contributed by atoms with Gasteiger partial charge in [-0.05, 0) is 23.3 Å². The second-order valence-corrected chi connectivity index (χ2v) is 5.65. The minimum atomic E-state index is -1.05. The van der Waals surface area contributed by atoms with Crippen molar-refractivity contribution in [2.24, 2.45) is 0 Å². The van der Waals surface area contributed by atoms with E-state index in [1.54, 1.807) is 12.3 Å². The lowest BCUT2D eigenvalue weighted by Gasteiger charge is -2.11. The highest BCUT2D eigenvalue weighted by atomic mass is 16.4. The molecule has 4 aromatic rings.